The number of alkyl halides is 3. The number of piperidine rings is 1. The molecule has 0 N–H and O–H groups in total. The zero-order valence-corrected chi connectivity index (χ0v) is 19.4. The van der Waals surface area contributed by atoms with Crippen LogP contribution in [0, 0.1) is 16.7 Å². The van der Waals surface area contributed by atoms with Gasteiger partial charge in [0.2, 0.25) is 5.91 Å². The third kappa shape index (κ3) is 4.78. The van der Waals surface area contributed by atoms with Crippen molar-refractivity contribution in [1.29, 1.82) is 5.26 Å². The first-order chi connectivity index (χ1) is 16.5. The number of likely N-dealkylation sites (N-methyl/N-ethyl adjacent to an activating group) is 1. The summed E-state index contributed by atoms with van der Waals surface area (Å²) in [6, 6.07) is 4.54. The van der Waals surface area contributed by atoms with Gasteiger partial charge < -0.3 is 14.7 Å². The van der Waals surface area contributed by atoms with Crippen LogP contribution in [0.2, 0.25) is 0 Å². The zero-order valence-electron chi connectivity index (χ0n) is 19.4. The second kappa shape index (κ2) is 9.17. The summed E-state index contributed by atoms with van der Waals surface area (Å²) in [5, 5.41) is 9.14. The molecule has 1 unspecified atom stereocenters. The lowest BCUT2D eigenvalue weighted by molar-refractivity contribution is -0.137. The van der Waals surface area contributed by atoms with E-state index in [1.807, 2.05) is 0 Å². The number of anilines is 1. The number of amides is 2. The van der Waals surface area contributed by atoms with Crippen molar-refractivity contribution < 1.29 is 22.8 Å². The molecule has 2 aliphatic heterocycles. The number of hydrogen-bond donors (Lipinski definition) is 0. The number of benzene rings is 1. The highest BCUT2D eigenvalue weighted by Crippen LogP contribution is 2.46. The highest BCUT2D eigenvalue weighted by atomic mass is 19.4. The smallest absolute Gasteiger partial charge is 0.359 e. The molecule has 1 aromatic carbocycles. The first kappa shape index (κ1) is 24.4. The molecule has 2 saturated heterocycles. The molecule has 1 atom stereocenters. The Morgan fingerprint density at radius 1 is 1.20 bits per heavy atom. The summed E-state index contributed by atoms with van der Waals surface area (Å²) in [5.74, 6) is -0.413. The standard InChI is InChI=1S/C24H25F3N6O2/c1-31(2)22(35)20-12-23(5-9-32(10-6-23)21(34)19-14-29-7-8-30-19)15-33(20)17-4-3-16(13-28)18(11-17)24(25,26)27/h3-4,7-8,11,14,20H,5-6,9-10,12,15H2,1-2H3. The van der Waals surface area contributed by atoms with Gasteiger partial charge in [0, 0.05) is 51.8 Å². The summed E-state index contributed by atoms with van der Waals surface area (Å²) in [6.07, 6.45) is 1.36. The number of carbonyl (C=O) groups is 2. The van der Waals surface area contributed by atoms with Crippen molar-refractivity contribution in [2.24, 2.45) is 5.41 Å². The number of rotatable bonds is 3. The lowest BCUT2D eigenvalue weighted by Crippen LogP contribution is -2.44. The van der Waals surface area contributed by atoms with Crippen molar-refractivity contribution in [1.82, 2.24) is 19.8 Å². The maximum Gasteiger partial charge on any atom is 0.417 e. The van der Waals surface area contributed by atoms with Crippen molar-refractivity contribution in [3.8, 4) is 6.07 Å². The maximum absolute atomic E-state index is 13.6. The van der Waals surface area contributed by atoms with E-state index >= 15 is 0 Å². The molecule has 8 nitrogen and oxygen atoms in total. The maximum atomic E-state index is 13.6. The lowest BCUT2D eigenvalue weighted by Gasteiger charge is -2.39. The van der Waals surface area contributed by atoms with Crippen LogP contribution in [0.1, 0.15) is 40.9 Å². The molecule has 4 rings (SSSR count). The largest absolute Gasteiger partial charge is 0.417 e. The monoisotopic (exact) mass is 486 g/mol. The van der Waals surface area contributed by atoms with E-state index < -0.39 is 23.3 Å². The van der Waals surface area contributed by atoms with Crippen LogP contribution in [0.25, 0.3) is 0 Å². The predicted molar refractivity (Wildman–Crippen MR) is 120 cm³/mol. The van der Waals surface area contributed by atoms with Gasteiger partial charge in [-0.2, -0.15) is 18.4 Å². The Bertz CT molecular complexity index is 1150. The molecule has 0 saturated carbocycles. The molecule has 1 aromatic heterocycles. The number of likely N-dealkylation sites (tertiary alicyclic amines) is 1. The van der Waals surface area contributed by atoms with E-state index in [0.29, 0.717) is 38.9 Å². The Balaban J connectivity index is 1.60. The number of hydrogen-bond acceptors (Lipinski definition) is 6. The topological polar surface area (TPSA) is 93.4 Å². The fraction of sp³-hybridized carbons (Fsp3) is 0.458. The highest BCUT2D eigenvalue weighted by Gasteiger charge is 2.49. The molecule has 2 aromatic rings. The molecule has 0 aliphatic carbocycles. The van der Waals surface area contributed by atoms with Crippen LogP contribution in [-0.4, -0.2) is 71.4 Å². The van der Waals surface area contributed by atoms with Crippen molar-refractivity contribution in [2.75, 3.05) is 38.6 Å². The summed E-state index contributed by atoms with van der Waals surface area (Å²) < 4.78 is 40.8. The lowest BCUT2D eigenvalue weighted by atomic mass is 9.76. The molecular formula is C24H25F3N6O2. The first-order valence-corrected chi connectivity index (χ1v) is 11.2. The van der Waals surface area contributed by atoms with Crippen LogP contribution in [0.4, 0.5) is 18.9 Å². The third-order valence-corrected chi connectivity index (χ3v) is 6.89. The predicted octanol–water partition coefficient (Wildman–Crippen LogP) is 2.96. The summed E-state index contributed by atoms with van der Waals surface area (Å²) in [5.41, 5.74) is -1.29. The van der Waals surface area contributed by atoms with Gasteiger partial charge in [-0.25, -0.2) is 4.98 Å². The zero-order chi connectivity index (χ0) is 25.4. The van der Waals surface area contributed by atoms with Crippen molar-refractivity contribution in [2.45, 2.75) is 31.5 Å². The van der Waals surface area contributed by atoms with Crippen LogP contribution >= 0.6 is 0 Å². The van der Waals surface area contributed by atoms with Crippen LogP contribution < -0.4 is 4.90 Å². The van der Waals surface area contributed by atoms with Gasteiger partial charge in [-0.05, 0) is 42.9 Å². The molecular weight excluding hydrogens is 461 g/mol. The first-order valence-electron chi connectivity index (χ1n) is 11.2. The molecule has 0 radical (unpaired) electrons. The number of nitrogens with zero attached hydrogens (tertiary/aromatic N) is 6. The summed E-state index contributed by atoms with van der Waals surface area (Å²) in [4.78, 5) is 38.7. The van der Waals surface area contributed by atoms with E-state index in [0.717, 1.165) is 12.1 Å². The molecule has 2 aliphatic rings. The SMILES string of the molecule is CN(C)C(=O)C1CC2(CCN(C(=O)c3cnccn3)CC2)CN1c1ccc(C#N)c(C(F)(F)F)c1. The fourth-order valence-corrected chi connectivity index (χ4v) is 5.01. The Labute approximate surface area is 201 Å². The molecule has 2 amide bonds. The molecule has 0 bridgehead atoms. The molecule has 1 spiro atoms. The average molecular weight is 486 g/mol. The van der Waals surface area contributed by atoms with Crippen LogP contribution in [0.3, 0.4) is 0 Å². The summed E-state index contributed by atoms with van der Waals surface area (Å²) >= 11 is 0. The number of nitriles is 1. The normalized spacial score (nSPS) is 19.5. The van der Waals surface area contributed by atoms with Crippen LogP contribution in [0.5, 0.6) is 0 Å². The second-order valence-electron chi connectivity index (χ2n) is 9.30. The molecule has 3 heterocycles. The number of aromatic nitrogens is 2. The molecule has 184 valence electrons. The summed E-state index contributed by atoms with van der Waals surface area (Å²) in [6.45, 7) is 1.29. The minimum absolute atomic E-state index is 0.196. The third-order valence-electron chi connectivity index (χ3n) is 6.89. The van der Waals surface area contributed by atoms with E-state index in [1.54, 1.807) is 30.0 Å². The van der Waals surface area contributed by atoms with Gasteiger partial charge >= 0.3 is 6.18 Å². The minimum atomic E-state index is -4.69. The van der Waals surface area contributed by atoms with E-state index in [4.69, 9.17) is 5.26 Å². The van der Waals surface area contributed by atoms with Gasteiger partial charge in [-0.15, -0.1) is 0 Å². The van der Waals surface area contributed by atoms with Crippen molar-refractivity contribution in [3.63, 3.8) is 0 Å². The van der Waals surface area contributed by atoms with Crippen molar-refractivity contribution in [3.05, 3.63) is 53.6 Å². The Morgan fingerprint density at radius 2 is 1.91 bits per heavy atom. The Kier molecular flexibility index (Phi) is 6.40. The molecule has 2 fully saturated rings. The van der Waals surface area contributed by atoms with Gasteiger partial charge in [0.05, 0.1) is 23.4 Å². The minimum Gasteiger partial charge on any atom is -0.359 e. The van der Waals surface area contributed by atoms with Gasteiger partial charge in [0.25, 0.3) is 5.91 Å². The summed E-state index contributed by atoms with van der Waals surface area (Å²) in [7, 11) is 3.24. The van der Waals surface area contributed by atoms with Crippen LogP contribution in [-0.2, 0) is 11.0 Å². The highest BCUT2D eigenvalue weighted by molar-refractivity contribution is 5.92. The van der Waals surface area contributed by atoms with Gasteiger partial charge in [0.15, 0.2) is 0 Å². The Hall–Kier alpha value is -3.68. The number of halogens is 3. The molecule has 35 heavy (non-hydrogen) atoms. The average Bonchev–Trinajstić information content (AvgIpc) is 3.22. The second-order valence-corrected chi connectivity index (χ2v) is 9.30. The number of carbonyl (C=O) groups excluding carboxylic acids is 2. The van der Waals surface area contributed by atoms with Crippen LogP contribution in [0.15, 0.2) is 36.8 Å². The van der Waals surface area contributed by atoms with E-state index in [1.165, 1.54) is 29.6 Å². The Morgan fingerprint density at radius 3 is 2.49 bits per heavy atom. The van der Waals surface area contributed by atoms with Gasteiger partial charge in [0.1, 0.15) is 11.7 Å². The van der Waals surface area contributed by atoms with Gasteiger partial charge in [-0.3, -0.25) is 14.6 Å². The molecule has 11 heteroatoms. The van der Waals surface area contributed by atoms with Gasteiger partial charge in [-0.1, -0.05) is 0 Å². The quantitative estimate of drug-likeness (QED) is 0.662. The van der Waals surface area contributed by atoms with E-state index in [9.17, 15) is 22.8 Å². The van der Waals surface area contributed by atoms with Crippen molar-refractivity contribution >= 4 is 17.5 Å². The van der Waals surface area contributed by atoms with E-state index in [-0.39, 0.29) is 28.6 Å². The fourth-order valence-electron chi connectivity index (χ4n) is 5.01. The van der Waals surface area contributed by atoms with E-state index in [2.05, 4.69) is 9.97 Å².